The highest BCUT2D eigenvalue weighted by Crippen LogP contribution is 2.43. The van der Waals surface area contributed by atoms with Crippen molar-refractivity contribution in [3.8, 4) is 11.1 Å². The zero-order chi connectivity index (χ0) is 18.0. The van der Waals surface area contributed by atoms with Crippen molar-refractivity contribution in [3.63, 3.8) is 0 Å². The highest BCUT2D eigenvalue weighted by molar-refractivity contribution is 5.63. The summed E-state index contributed by atoms with van der Waals surface area (Å²) in [5, 5.41) is 15.9. The van der Waals surface area contributed by atoms with Crippen LogP contribution in [0.5, 0.6) is 0 Å². The maximum absolute atomic E-state index is 13.1. The molecule has 1 aliphatic rings. The largest absolute Gasteiger partial charge is 0.383 e. The summed E-state index contributed by atoms with van der Waals surface area (Å²) < 4.78 is 14.9. The van der Waals surface area contributed by atoms with E-state index in [9.17, 15) is 9.50 Å². The van der Waals surface area contributed by atoms with Crippen LogP contribution >= 0.6 is 0 Å². The number of aliphatic hydroxyl groups is 1. The summed E-state index contributed by atoms with van der Waals surface area (Å²) in [6.45, 7) is 0. The number of halogens is 1. The van der Waals surface area contributed by atoms with Crippen molar-refractivity contribution >= 4 is 0 Å². The second-order valence-corrected chi connectivity index (χ2v) is 7.00. The minimum Gasteiger partial charge on any atom is -0.383 e. The van der Waals surface area contributed by atoms with E-state index in [0.717, 1.165) is 42.4 Å². The smallest absolute Gasteiger partial charge is 0.137 e. The van der Waals surface area contributed by atoms with Gasteiger partial charge in [0.2, 0.25) is 0 Å². The molecule has 2 unspecified atom stereocenters. The highest BCUT2D eigenvalue weighted by atomic mass is 19.1. The van der Waals surface area contributed by atoms with E-state index in [-0.39, 0.29) is 11.9 Å². The van der Waals surface area contributed by atoms with Gasteiger partial charge in [0.05, 0.1) is 6.04 Å². The van der Waals surface area contributed by atoms with Crippen molar-refractivity contribution < 1.29 is 9.50 Å². The van der Waals surface area contributed by atoms with Crippen LogP contribution < -0.4 is 0 Å². The van der Waals surface area contributed by atoms with Crippen LogP contribution in [-0.4, -0.2) is 19.9 Å². The molecule has 1 heterocycles. The summed E-state index contributed by atoms with van der Waals surface area (Å²) in [6, 6.07) is 14.3. The number of benzene rings is 2. The second kappa shape index (κ2) is 7.00. The van der Waals surface area contributed by atoms with Gasteiger partial charge in [-0.05, 0) is 41.7 Å². The van der Waals surface area contributed by atoms with E-state index in [2.05, 4.69) is 10.1 Å². The Morgan fingerprint density at radius 1 is 0.962 bits per heavy atom. The Labute approximate surface area is 152 Å². The maximum atomic E-state index is 13.1. The Morgan fingerprint density at radius 3 is 2.31 bits per heavy atom. The predicted octanol–water partition coefficient (Wildman–Crippen LogP) is 4.48. The molecule has 1 aromatic heterocycles. The van der Waals surface area contributed by atoms with E-state index in [1.54, 1.807) is 23.1 Å². The lowest BCUT2D eigenvalue weighted by Gasteiger charge is -2.35. The molecule has 2 atom stereocenters. The number of aromatic nitrogens is 3. The second-order valence-electron chi connectivity index (χ2n) is 7.00. The minimum absolute atomic E-state index is 0.121. The Kier molecular flexibility index (Phi) is 4.55. The van der Waals surface area contributed by atoms with Crippen LogP contribution in [0.2, 0.25) is 0 Å². The van der Waals surface area contributed by atoms with Crippen LogP contribution in [-0.2, 0) is 5.60 Å². The van der Waals surface area contributed by atoms with Crippen LogP contribution in [0.25, 0.3) is 11.1 Å². The van der Waals surface area contributed by atoms with E-state index >= 15 is 0 Å². The first-order valence-electron chi connectivity index (χ1n) is 9.10. The average Bonchev–Trinajstić information content (AvgIpc) is 3.12. The molecule has 0 amide bonds. The maximum Gasteiger partial charge on any atom is 0.137 e. The van der Waals surface area contributed by atoms with Crippen molar-refractivity contribution in [1.82, 2.24) is 14.8 Å². The molecule has 5 heteroatoms. The zero-order valence-electron chi connectivity index (χ0n) is 14.6. The molecule has 2 aromatic carbocycles. The molecule has 134 valence electrons. The predicted molar refractivity (Wildman–Crippen MR) is 97.9 cm³/mol. The quantitative estimate of drug-likeness (QED) is 0.708. The van der Waals surface area contributed by atoms with E-state index in [1.165, 1.54) is 18.5 Å². The van der Waals surface area contributed by atoms with Crippen LogP contribution in [0.4, 0.5) is 4.39 Å². The van der Waals surface area contributed by atoms with Gasteiger partial charge in [0.25, 0.3) is 0 Å². The fourth-order valence-corrected chi connectivity index (χ4v) is 3.97. The van der Waals surface area contributed by atoms with Crippen LogP contribution in [0, 0.1) is 5.82 Å². The molecule has 0 spiro atoms. The molecule has 1 saturated carbocycles. The lowest BCUT2D eigenvalue weighted by molar-refractivity contribution is -0.0286. The minimum atomic E-state index is -0.967. The third kappa shape index (κ3) is 3.15. The summed E-state index contributed by atoms with van der Waals surface area (Å²) in [5.41, 5.74) is 1.89. The first-order valence-corrected chi connectivity index (χ1v) is 9.10. The fourth-order valence-electron chi connectivity index (χ4n) is 3.97. The Balaban J connectivity index is 1.68. The molecule has 26 heavy (non-hydrogen) atoms. The van der Waals surface area contributed by atoms with Gasteiger partial charge in [-0.25, -0.2) is 14.1 Å². The van der Waals surface area contributed by atoms with Crippen LogP contribution in [0.3, 0.4) is 0 Å². The van der Waals surface area contributed by atoms with Gasteiger partial charge < -0.3 is 5.11 Å². The third-order valence-corrected chi connectivity index (χ3v) is 5.41. The normalized spacial score (nSPS) is 23.5. The van der Waals surface area contributed by atoms with E-state index in [1.807, 2.05) is 24.3 Å². The highest BCUT2D eigenvalue weighted by Gasteiger charge is 2.40. The first kappa shape index (κ1) is 16.9. The van der Waals surface area contributed by atoms with E-state index in [4.69, 9.17) is 0 Å². The van der Waals surface area contributed by atoms with Gasteiger partial charge in [0, 0.05) is 0 Å². The molecule has 3 aromatic rings. The lowest BCUT2D eigenvalue weighted by atomic mass is 9.82. The van der Waals surface area contributed by atoms with Gasteiger partial charge in [-0.15, -0.1) is 0 Å². The molecule has 1 N–H and O–H groups in total. The average molecular weight is 351 g/mol. The molecule has 0 bridgehead atoms. The SMILES string of the molecule is OC1(c2ccc(-c3ccc(F)cc3)cc2)CCCCCC1n1cncn1. The number of nitrogens with zero attached hydrogens (tertiary/aromatic N) is 3. The van der Waals surface area contributed by atoms with E-state index < -0.39 is 5.60 Å². The van der Waals surface area contributed by atoms with Crippen LogP contribution in [0.15, 0.2) is 61.2 Å². The number of hydrogen-bond acceptors (Lipinski definition) is 3. The summed E-state index contributed by atoms with van der Waals surface area (Å²) in [6.07, 6.45) is 7.95. The molecule has 4 rings (SSSR count). The molecular weight excluding hydrogens is 329 g/mol. The Hall–Kier alpha value is -2.53. The summed E-state index contributed by atoms with van der Waals surface area (Å²) in [7, 11) is 0. The van der Waals surface area contributed by atoms with Gasteiger partial charge in [-0.3, -0.25) is 0 Å². The summed E-state index contributed by atoms with van der Waals surface area (Å²) in [4.78, 5) is 4.06. The monoisotopic (exact) mass is 351 g/mol. The lowest BCUT2D eigenvalue weighted by Crippen LogP contribution is -2.36. The van der Waals surface area contributed by atoms with Crippen molar-refractivity contribution in [2.45, 2.75) is 43.7 Å². The zero-order valence-corrected chi connectivity index (χ0v) is 14.6. The molecule has 1 aliphatic carbocycles. The standard InChI is InChI=1S/C21H22FN3O/c22-19-11-7-17(8-12-19)16-5-9-18(10-6-16)21(26)13-3-1-2-4-20(21)25-15-23-14-24-25/h5-12,14-15,20,26H,1-4,13H2. The van der Waals surface area contributed by atoms with Crippen molar-refractivity contribution in [3.05, 3.63) is 72.6 Å². The fraction of sp³-hybridized carbons (Fsp3) is 0.333. The van der Waals surface area contributed by atoms with Gasteiger partial charge in [-0.1, -0.05) is 55.7 Å². The summed E-state index contributed by atoms with van der Waals surface area (Å²) in [5.74, 6) is -0.242. The van der Waals surface area contributed by atoms with Gasteiger partial charge in [0.1, 0.15) is 24.1 Å². The Bertz CT molecular complexity index is 846. The van der Waals surface area contributed by atoms with Crippen molar-refractivity contribution in [2.75, 3.05) is 0 Å². The van der Waals surface area contributed by atoms with Crippen molar-refractivity contribution in [2.24, 2.45) is 0 Å². The van der Waals surface area contributed by atoms with Crippen molar-refractivity contribution in [1.29, 1.82) is 0 Å². The van der Waals surface area contributed by atoms with Gasteiger partial charge >= 0.3 is 0 Å². The van der Waals surface area contributed by atoms with Gasteiger partial charge in [0.15, 0.2) is 0 Å². The Morgan fingerprint density at radius 2 is 1.65 bits per heavy atom. The molecule has 0 aliphatic heterocycles. The number of hydrogen-bond donors (Lipinski definition) is 1. The van der Waals surface area contributed by atoms with E-state index in [0.29, 0.717) is 6.42 Å². The molecule has 0 saturated heterocycles. The topological polar surface area (TPSA) is 50.9 Å². The number of rotatable bonds is 3. The first-order chi connectivity index (χ1) is 12.7. The summed E-state index contributed by atoms with van der Waals surface area (Å²) >= 11 is 0. The molecule has 1 fully saturated rings. The molecular formula is C21H22FN3O. The van der Waals surface area contributed by atoms with Gasteiger partial charge in [-0.2, -0.15) is 5.10 Å². The molecule has 4 nitrogen and oxygen atoms in total. The van der Waals surface area contributed by atoms with Crippen LogP contribution in [0.1, 0.15) is 43.7 Å². The molecule has 0 radical (unpaired) electrons. The third-order valence-electron chi connectivity index (χ3n) is 5.41.